The molecule has 70 valence electrons. The summed E-state index contributed by atoms with van der Waals surface area (Å²) in [5.74, 6) is 0.462. The van der Waals surface area contributed by atoms with Crippen molar-refractivity contribution in [3.63, 3.8) is 0 Å². The molecule has 0 aliphatic carbocycles. The van der Waals surface area contributed by atoms with Gasteiger partial charge in [-0.15, -0.1) is 0 Å². The summed E-state index contributed by atoms with van der Waals surface area (Å²) in [5.41, 5.74) is 6.08. The van der Waals surface area contributed by atoms with Gasteiger partial charge < -0.3 is 10.4 Å². The number of hydrogen-bond acceptors (Lipinski definition) is 3. The van der Waals surface area contributed by atoms with Gasteiger partial charge in [-0.1, -0.05) is 0 Å². The molecule has 0 bridgehead atoms. The third kappa shape index (κ3) is 3.54. The number of carbonyl (C=O) groups is 1. The molecule has 0 radical (unpaired) electrons. The zero-order valence-electron chi connectivity index (χ0n) is 6.97. The first-order chi connectivity index (χ1) is 5.79. The summed E-state index contributed by atoms with van der Waals surface area (Å²) < 4.78 is 0. The van der Waals surface area contributed by atoms with Gasteiger partial charge in [-0.3, -0.25) is 10.9 Å². The SMILES string of the molecule is O=C(O)NCC1CCNNCC1. The average Bonchev–Trinajstić information content (AvgIpc) is 2.28. The van der Waals surface area contributed by atoms with Gasteiger partial charge in [0.15, 0.2) is 0 Å². The highest BCUT2D eigenvalue weighted by Gasteiger charge is 2.11. The van der Waals surface area contributed by atoms with E-state index >= 15 is 0 Å². The normalized spacial score (nSPS) is 20.0. The van der Waals surface area contributed by atoms with Crippen LogP contribution in [-0.2, 0) is 0 Å². The van der Waals surface area contributed by atoms with Crippen LogP contribution in [0.3, 0.4) is 0 Å². The van der Waals surface area contributed by atoms with E-state index in [1.54, 1.807) is 0 Å². The Balaban J connectivity index is 2.16. The summed E-state index contributed by atoms with van der Waals surface area (Å²) in [6.07, 6.45) is 1.11. The smallest absolute Gasteiger partial charge is 0.404 e. The zero-order chi connectivity index (χ0) is 8.81. The molecular weight excluding hydrogens is 158 g/mol. The first-order valence-electron chi connectivity index (χ1n) is 4.21. The summed E-state index contributed by atoms with van der Waals surface area (Å²) in [4.78, 5) is 10.2. The Morgan fingerprint density at radius 3 is 2.50 bits per heavy atom. The highest BCUT2D eigenvalue weighted by atomic mass is 16.4. The minimum Gasteiger partial charge on any atom is -0.465 e. The number of rotatable bonds is 2. The van der Waals surface area contributed by atoms with E-state index in [-0.39, 0.29) is 0 Å². The molecular formula is C7H15N3O2. The third-order valence-electron chi connectivity index (χ3n) is 2.02. The Morgan fingerprint density at radius 2 is 2.00 bits per heavy atom. The minimum absolute atomic E-state index is 0.462. The van der Waals surface area contributed by atoms with Crippen molar-refractivity contribution < 1.29 is 9.90 Å². The van der Waals surface area contributed by atoms with Gasteiger partial charge in [0.2, 0.25) is 0 Å². The highest BCUT2D eigenvalue weighted by Crippen LogP contribution is 2.07. The molecule has 1 heterocycles. The molecule has 0 saturated carbocycles. The molecule has 0 unspecified atom stereocenters. The molecule has 1 aliphatic rings. The summed E-state index contributed by atoms with van der Waals surface area (Å²) in [7, 11) is 0. The molecule has 5 heteroatoms. The fourth-order valence-corrected chi connectivity index (χ4v) is 1.31. The Kier molecular flexibility index (Phi) is 3.83. The van der Waals surface area contributed by atoms with E-state index in [2.05, 4.69) is 16.2 Å². The maximum atomic E-state index is 10.2. The summed E-state index contributed by atoms with van der Waals surface area (Å²) in [6, 6.07) is 0. The molecule has 0 aromatic carbocycles. The summed E-state index contributed by atoms with van der Waals surface area (Å²) in [5, 5.41) is 10.8. The fourth-order valence-electron chi connectivity index (χ4n) is 1.31. The number of nitrogens with one attached hydrogen (secondary N) is 3. The van der Waals surface area contributed by atoms with Crippen molar-refractivity contribution in [2.75, 3.05) is 19.6 Å². The van der Waals surface area contributed by atoms with Crippen molar-refractivity contribution in [3.8, 4) is 0 Å². The van der Waals surface area contributed by atoms with Crippen LogP contribution in [0.1, 0.15) is 12.8 Å². The molecule has 0 atom stereocenters. The molecule has 1 aliphatic heterocycles. The van der Waals surface area contributed by atoms with Crippen LogP contribution in [0.15, 0.2) is 0 Å². The molecule has 1 rings (SSSR count). The van der Waals surface area contributed by atoms with E-state index in [1.165, 1.54) is 0 Å². The van der Waals surface area contributed by atoms with Gasteiger partial charge in [-0.25, -0.2) is 4.79 Å². The van der Waals surface area contributed by atoms with Crippen LogP contribution >= 0.6 is 0 Å². The van der Waals surface area contributed by atoms with Crippen molar-refractivity contribution in [1.82, 2.24) is 16.2 Å². The van der Waals surface area contributed by atoms with Gasteiger partial charge >= 0.3 is 6.09 Å². The van der Waals surface area contributed by atoms with E-state index in [0.29, 0.717) is 12.5 Å². The maximum Gasteiger partial charge on any atom is 0.404 e. The van der Waals surface area contributed by atoms with Crippen molar-refractivity contribution in [2.24, 2.45) is 5.92 Å². The molecule has 0 spiro atoms. The van der Waals surface area contributed by atoms with Crippen molar-refractivity contribution in [3.05, 3.63) is 0 Å². The largest absolute Gasteiger partial charge is 0.465 e. The van der Waals surface area contributed by atoms with E-state index in [1.807, 2.05) is 0 Å². The molecule has 12 heavy (non-hydrogen) atoms. The lowest BCUT2D eigenvalue weighted by molar-refractivity contribution is 0.192. The topological polar surface area (TPSA) is 73.4 Å². The molecule has 0 aromatic rings. The van der Waals surface area contributed by atoms with Crippen LogP contribution in [0, 0.1) is 5.92 Å². The van der Waals surface area contributed by atoms with E-state index < -0.39 is 6.09 Å². The van der Waals surface area contributed by atoms with Crippen LogP contribution in [0.2, 0.25) is 0 Å². The third-order valence-corrected chi connectivity index (χ3v) is 2.02. The van der Waals surface area contributed by atoms with Crippen LogP contribution in [-0.4, -0.2) is 30.8 Å². The first-order valence-corrected chi connectivity index (χ1v) is 4.21. The second kappa shape index (κ2) is 4.95. The van der Waals surface area contributed by atoms with Crippen molar-refractivity contribution in [2.45, 2.75) is 12.8 Å². The standard InChI is InChI=1S/C7H15N3O2/c11-7(12)8-5-6-1-3-9-10-4-2-6/h6,8-10H,1-5H2,(H,11,12). The molecule has 1 amide bonds. The monoisotopic (exact) mass is 173 g/mol. The Morgan fingerprint density at radius 1 is 1.42 bits per heavy atom. The first kappa shape index (κ1) is 9.28. The van der Waals surface area contributed by atoms with Gasteiger partial charge in [0.1, 0.15) is 0 Å². The van der Waals surface area contributed by atoms with Gasteiger partial charge in [0, 0.05) is 19.6 Å². The van der Waals surface area contributed by atoms with Gasteiger partial charge in [0.05, 0.1) is 0 Å². The average molecular weight is 173 g/mol. The number of amides is 1. The maximum absolute atomic E-state index is 10.2. The molecule has 0 aromatic heterocycles. The van der Waals surface area contributed by atoms with Gasteiger partial charge in [-0.05, 0) is 18.8 Å². The van der Waals surface area contributed by atoms with E-state index in [4.69, 9.17) is 5.11 Å². The number of carboxylic acid groups (broad SMARTS) is 1. The van der Waals surface area contributed by atoms with Crippen LogP contribution in [0.25, 0.3) is 0 Å². The highest BCUT2D eigenvalue weighted by molar-refractivity contribution is 5.64. The predicted octanol–water partition coefficient (Wildman–Crippen LogP) is -0.242. The Hall–Kier alpha value is -0.810. The predicted molar refractivity (Wildman–Crippen MR) is 44.8 cm³/mol. The molecule has 4 N–H and O–H groups in total. The Labute approximate surface area is 71.5 Å². The summed E-state index contributed by atoms with van der Waals surface area (Å²) >= 11 is 0. The van der Waals surface area contributed by atoms with Crippen LogP contribution in [0.5, 0.6) is 0 Å². The second-order valence-electron chi connectivity index (χ2n) is 2.98. The van der Waals surface area contributed by atoms with Crippen molar-refractivity contribution in [1.29, 1.82) is 0 Å². The quantitative estimate of drug-likeness (QED) is 0.465. The number of hydrazine groups is 1. The zero-order valence-corrected chi connectivity index (χ0v) is 6.97. The molecule has 1 fully saturated rings. The molecule has 1 saturated heterocycles. The van der Waals surface area contributed by atoms with E-state index in [9.17, 15) is 4.79 Å². The van der Waals surface area contributed by atoms with Crippen molar-refractivity contribution >= 4 is 6.09 Å². The van der Waals surface area contributed by atoms with Gasteiger partial charge in [-0.2, -0.15) is 0 Å². The van der Waals surface area contributed by atoms with E-state index in [0.717, 1.165) is 25.9 Å². The summed E-state index contributed by atoms with van der Waals surface area (Å²) in [6.45, 7) is 2.39. The lowest BCUT2D eigenvalue weighted by atomic mass is 10.0. The number of hydrogen-bond donors (Lipinski definition) is 4. The minimum atomic E-state index is -0.930. The van der Waals surface area contributed by atoms with Gasteiger partial charge in [0.25, 0.3) is 0 Å². The Bertz CT molecular complexity index is 144. The van der Waals surface area contributed by atoms with Crippen LogP contribution in [0.4, 0.5) is 4.79 Å². The second-order valence-corrected chi connectivity index (χ2v) is 2.98. The lowest BCUT2D eigenvalue weighted by Crippen LogP contribution is -2.30. The molecule has 5 nitrogen and oxygen atoms in total. The lowest BCUT2D eigenvalue weighted by Gasteiger charge is -2.11. The van der Waals surface area contributed by atoms with Crippen LogP contribution < -0.4 is 16.2 Å². The fraction of sp³-hybridized carbons (Fsp3) is 0.857.